The van der Waals surface area contributed by atoms with Gasteiger partial charge in [0.15, 0.2) is 0 Å². The molecule has 0 saturated carbocycles. The van der Waals surface area contributed by atoms with Crippen LogP contribution >= 0.6 is 0 Å². The summed E-state index contributed by atoms with van der Waals surface area (Å²) in [5.74, 6) is -1.07. The number of carboxylic acids is 1. The smallest absolute Gasteiger partial charge is 0.310 e. The van der Waals surface area contributed by atoms with Gasteiger partial charge in [0, 0.05) is 5.92 Å². The summed E-state index contributed by atoms with van der Waals surface area (Å²) in [7, 11) is 0. The molecular weight excluding hydrogens is 236 g/mol. The first-order chi connectivity index (χ1) is 9.11. The lowest BCUT2D eigenvalue weighted by atomic mass is 9.85. The maximum atomic E-state index is 11.2. The van der Waals surface area contributed by atoms with Crippen molar-refractivity contribution in [3.8, 4) is 0 Å². The summed E-state index contributed by atoms with van der Waals surface area (Å²) in [5.41, 5.74) is 3.18. The number of carboxylic acid groups (broad SMARTS) is 1. The topological polar surface area (TPSA) is 37.3 Å². The van der Waals surface area contributed by atoms with E-state index in [4.69, 9.17) is 0 Å². The molecule has 98 valence electrons. The Balaban J connectivity index is 2.43. The summed E-state index contributed by atoms with van der Waals surface area (Å²) < 4.78 is 0. The highest BCUT2D eigenvalue weighted by atomic mass is 16.4. The lowest BCUT2D eigenvalue weighted by molar-refractivity contribution is -0.138. The predicted octanol–water partition coefficient (Wildman–Crippen LogP) is 4.03. The highest BCUT2D eigenvalue weighted by Gasteiger charge is 2.20. The van der Waals surface area contributed by atoms with Crippen LogP contribution in [0.3, 0.4) is 0 Å². The van der Waals surface area contributed by atoms with E-state index in [1.807, 2.05) is 42.5 Å². The van der Waals surface area contributed by atoms with Crippen LogP contribution in [0.1, 0.15) is 42.4 Å². The molecule has 2 atom stereocenters. The first kappa shape index (κ1) is 13.3. The molecular formula is C17H18O2. The van der Waals surface area contributed by atoms with Crippen molar-refractivity contribution in [1.29, 1.82) is 0 Å². The van der Waals surface area contributed by atoms with Gasteiger partial charge >= 0.3 is 5.97 Å². The van der Waals surface area contributed by atoms with E-state index in [0.29, 0.717) is 0 Å². The summed E-state index contributed by atoms with van der Waals surface area (Å²) >= 11 is 0. The molecule has 2 nitrogen and oxygen atoms in total. The molecule has 1 N–H and O–H groups in total. The summed E-state index contributed by atoms with van der Waals surface area (Å²) in [6.45, 7) is 3.85. The number of carbonyl (C=O) groups is 1. The van der Waals surface area contributed by atoms with E-state index in [0.717, 1.165) is 11.1 Å². The molecule has 0 aliphatic carbocycles. The zero-order valence-electron chi connectivity index (χ0n) is 11.2. The van der Waals surface area contributed by atoms with Gasteiger partial charge in [-0.1, -0.05) is 61.5 Å². The van der Waals surface area contributed by atoms with Crippen molar-refractivity contribution >= 4 is 5.97 Å². The van der Waals surface area contributed by atoms with Crippen LogP contribution in [0.4, 0.5) is 0 Å². The second-order valence-electron chi connectivity index (χ2n) is 4.82. The maximum absolute atomic E-state index is 11.2. The molecule has 2 heteroatoms. The molecule has 0 aromatic heterocycles. The fourth-order valence-electron chi connectivity index (χ4n) is 2.35. The van der Waals surface area contributed by atoms with Crippen molar-refractivity contribution < 1.29 is 9.90 Å². The predicted molar refractivity (Wildman–Crippen MR) is 76.5 cm³/mol. The fourth-order valence-corrected chi connectivity index (χ4v) is 2.35. The van der Waals surface area contributed by atoms with Crippen LogP contribution in [0.15, 0.2) is 54.6 Å². The first-order valence-corrected chi connectivity index (χ1v) is 6.48. The molecule has 2 unspecified atom stereocenters. The molecule has 0 heterocycles. The largest absolute Gasteiger partial charge is 0.481 e. The Morgan fingerprint density at radius 3 is 2.00 bits per heavy atom. The normalized spacial score (nSPS) is 13.8. The van der Waals surface area contributed by atoms with Crippen LogP contribution in [-0.4, -0.2) is 11.1 Å². The van der Waals surface area contributed by atoms with E-state index in [-0.39, 0.29) is 5.92 Å². The average molecular weight is 254 g/mol. The van der Waals surface area contributed by atoms with Crippen LogP contribution < -0.4 is 0 Å². The van der Waals surface area contributed by atoms with Crippen molar-refractivity contribution in [2.24, 2.45) is 0 Å². The van der Waals surface area contributed by atoms with Gasteiger partial charge in [-0.05, 0) is 23.6 Å². The minimum atomic E-state index is -0.785. The van der Waals surface area contributed by atoms with Crippen LogP contribution in [-0.2, 0) is 4.79 Å². The zero-order valence-corrected chi connectivity index (χ0v) is 11.2. The summed E-state index contributed by atoms with van der Waals surface area (Å²) in [4.78, 5) is 11.2. The fraction of sp³-hybridized carbons (Fsp3) is 0.235. The van der Waals surface area contributed by atoms with E-state index >= 15 is 0 Å². The molecule has 0 radical (unpaired) electrons. The molecule has 0 saturated heterocycles. The second-order valence-corrected chi connectivity index (χ2v) is 4.82. The first-order valence-electron chi connectivity index (χ1n) is 6.48. The van der Waals surface area contributed by atoms with Gasteiger partial charge in [0.05, 0.1) is 5.92 Å². The number of hydrogen-bond acceptors (Lipinski definition) is 1. The number of hydrogen-bond donors (Lipinski definition) is 1. The van der Waals surface area contributed by atoms with Crippen LogP contribution in [0.5, 0.6) is 0 Å². The minimum Gasteiger partial charge on any atom is -0.481 e. The van der Waals surface area contributed by atoms with Crippen molar-refractivity contribution in [2.45, 2.75) is 25.7 Å². The van der Waals surface area contributed by atoms with Crippen molar-refractivity contribution in [3.05, 3.63) is 71.3 Å². The molecule has 0 fully saturated rings. The van der Waals surface area contributed by atoms with Gasteiger partial charge in [0.25, 0.3) is 0 Å². The minimum absolute atomic E-state index is 0.194. The van der Waals surface area contributed by atoms with Gasteiger partial charge in [0.1, 0.15) is 0 Å². The number of rotatable bonds is 4. The zero-order chi connectivity index (χ0) is 13.8. The van der Waals surface area contributed by atoms with Gasteiger partial charge in [-0.25, -0.2) is 0 Å². The Labute approximate surface area is 113 Å². The Morgan fingerprint density at radius 1 is 0.895 bits per heavy atom. The molecule has 2 rings (SSSR count). The van der Waals surface area contributed by atoms with Crippen LogP contribution in [0.25, 0.3) is 0 Å². The van der Waals surface area contributed by atoms with Crippen molar-refractivity contribution in [1.82, 2.24) is 0 Å². The molecule has 0 bridgehead atoms. The lowest BCUT2D eigenvalue weighted by Gasteiger charge is -2.19. The molecule has 2 aromatic rings. The summed E-state index contributed by atoms with van der Waals surface area (Å²) in [6, 6.07) is 18.0. The quantitative estimate of drug-likeness (QED) is 0.894. The van der Waals surface area contributed by atoms with Gasteiger partial charge in [0.2, 0.25) is 0 Å². The molecule has 0 spiro atoms. The van der Waals surface area contributed by atoms with Crippen molar-refractivity contribution in [3.63, 3.8) is 0 Å². The monoisotopic (exact) mass is 254 g/mol. The average Bonchev–Trinajstić information content (AvgIpc) is 2.46. The van der Waals surface area contributed by atoms with Crippen molar-refractivity contribution in [2.75, 3.05) is 0 Å². The maximum Gasteiger partial charge on any atom is 0.310 e. The molecule has 0 aliphatic rings. The number of aliphatic carboxylic acids is 1. The Hall–Kier alpha value is -2.09. The van der Waals surface area contributed by atoms with E-state index in [2.05, 4.69) is 19.1 Å². The summed E-state index contributed by atoms with van der Waals surface area (Å²) in [6.07, 6.45) is 0. The van der Waals surface area contributed by atoms with Gasteiger partial charge in [-0.3, -0.25) is 4.79 Å². The van der Waals surface area contributed by atoms with Gasteiger partial charge in [-0.15, -0.1) is 0 Å². The third-order valence-electron chi connectivity index (χ3n) is 3.60. The van der Waals surface area contributed by atoms with E-state index in [1.54, 1.807) is 6.92 Å². The van der Waals surface area contributed by atoms with Gasteiger partial charge < -0.3 is 5.11 Å². The highest BCUT2D eigenvalue weighted by molar-refractivity contribution is 5.76. The SMILES string of the molecule is CC(C(=O)O)c1ccccc1C(C)c1ccccc1. The Bertz CT molecular complexity index is 560. The Kier molecular flexibility index (Phi) is 4.00. The van der Waals surface area contributed by atoms with Crippen LogP contribution in [0.2, 0.25) is 0 Å². The molecule has 2 aromatic carbocycles. The third-order valence-corrected chi connectivity index (χ3v) is 3.60. The number of benzene rings is 2. The third kappa shape index (κ3) is 2.84. The van der Waals surface area contributed by atoms with E-state index < -0.39 is 11.9 Å². The van der Waals surface area contributed by atoms with E-state index in [9.17, 15) is 9.90 Å². The Morgan fingerprint density at radius 2 is 1.42 bits per heavy atom. The molecule has 19 heavy (non-hydrogen) atoms. The highest BCUT2D eigenvalue weighted by Crippen LogP contribution is 2.30. The molecule has 0 amide bonds. The second kappa shape index (κ2) is 5.70. The molecule has 0 aliphatic heterocycles. The van der Waals surface area contributed by atoms with Crippen LogP contribution in [0, 0.1) is 0 Å². The lowest BCUT2D eigenvalue weighted by Crippen LogP contribution is -2.11. The van der Waals surface area contributed by atoms with E-state index in [1.165, 1.54) is 5.56 Å². The standard InChI is InChI=1S/C17H18O2/c1-12(14-8-4-3-5-9-14)15-10-6-7-11-16(15)13(2)17(18)19/h3-13H,1-2H3,(H,18,19). The summed E-state index contributed by atoms with van der Waals surface area (Å²) in [5, 5.41) is 9.21. The van der Waals surface area contributed by atoms with Gasteiger partial charge in [-0.2, -0.15) is 0 Å².